The molecule has 0 aliphatic rings. The van der Waals surface area contributed by atoms with E-state index in [0.717, 1.165) is 24.2 Å². The maximum atomic E-state index is 9.58. The Morgan fingerprint density at radius 2 is 1.95 bits per heavy atom. The fourth-order valence-electron chi connectivity index (χ4n) is 2.19. The monoisotopic (exact) mass is 256 g/mol. The summed E-state index contributed by atoms with van der Waals surface area (Å²) in [5.74, 6) is 0. The van der Waals surface area contributed by atoms with Gasteiger partial charge in [0.1, 0.15) is 0 Å². The quantitative estimate of drug-likeness (QED) is 0.863. The van der Waals surface area contributed by atoms with Gasteiger partial charge in [0, 0.05) is 24.6 Å². The van der Waals surface area contributed by atoms with Gasteiger partial charge in [-0.15, -0.1) is 0 Å². The van der Waals surface area contributed by atoms with Crippen molar-refractivity contribution in [2.45, 2.75) is 25.9 Å². The number of nitrogens with zero attached hydrogens (tertiary/aromatic N) is 2. The molecule has 2 rings (SSSR count). The molecule has 0 aliphatic heterocycles. The molecule has 100 valence electrons. The maximum absolute atomic E-state index is 9.58. The molecule has 1 aromatic carbocycles. The lowest BCUT2D eigenvalue weighted by atomic mass is 10.1. The van der Waals surface area contributed by atoms with Crippen molar-refractivity contribution in [1.82, 2.24) is 4.98 Å². The lowest BCUT2D eigenvalue weighted by molar-refractivity contribution is 0.255. The van der Waals surface area contributed by atoms with E-state index in [4.69, 9.17) is 0 Å². The summed E-state index contributed by atoms with van der Waals surface area (Å²) in [6, 6.07) is 14.3. The van der Waals surface area contributed by atoms with Crippen molar-refractivity contribution < 1.29 is 5.11 Å². The van der Waals surface area contributed by atoms with Crippen molar-refractivity contribution in [1.29, 1.82) is 0 Å². The highest BCUT2D eigenvalue weighted by molar-refractivity contribution is 5.47. The molecular formula is C16H20N2O. The van der Waals surface area contributed by atoms with Crippen LogP contribution in [-0.4, -0.2) is 22.7 Å². The number of hydrogen-bond acceptors (Lipinski definition) is 3. The largest absolute Gasteiger partial charge is 0.394 e. The standard InChI is InChI=1S/C16H20N2O/c1-2-15(13-19)18(16-8-4-3-5-9-16)12-14-7-6-10-17-11-14/h3-11,15,19H,2,12-13H2,1H3/t15-/m1/s1. The summed E-state index contributed by atoms with van der Waals surface area (Å²) in [6.45, 7) is 3.02. The summed E-state index contributed by atoms with van der Waals surface area (Å²) in [5.41, 5.74) is 2.28. The Morgan fingerprint density at radius 1 is 1.16 bits per heavy atom. The molecule has 3 heteroatoms. The second-order valence-electron chi connectivity index (χ2n) is 4.57. The highest BCUT2D eigenvalue weighted by atomic mass is 16.3. The average Bonchev–Trinajstić information content (AvgIpc) is 2.49. The molecule has 1 N–H and O–H groups in total. The van der Waals surface area contributed by atoms with Gasteiger partial charge in [-0.1, -0.05) is 31.2 Å². The van der Waals surface area contributed by atoms with E-state index in [1.807, 2.05) is 30.5 Å². The van der Waals surface area contributed by atoms with Crippen LogP contribution in [0.1, 0.15) is 18.9 Å². The topological polar surface area (TPSA) is 36.4 Å². The minimum absolute atomic E-state index is 0.127. The van der Waals surface area contributed by atoms with Gasteiger partial charge >= 0.3 is 0 Å². The van der Waals surface area contributed by atoms with Crippen LogP contribution < -0.4 is 4.90 Å². The van der Waals surface area contributed by atoms with Gasteiger partial charge in [0.15, 0.2) is 0 Å². The Morgan fingerprint density at radius 3 is 2.53 bits per heavy atom. The summed E-state index contributed by atoms with van der Waals surface area (Å²) in [6.07, 6.45) is 4.56. The first-order valence-corrected chi connectivity index (χ1v) is 6.66. The third-order valence-corrected chi connectivity index (χ3v) is 3.29. The Balaban J connectivity index is 2.24. The molecule has 1 aromatic heterocycles. The Kier molecular flexibility index (Phi) is 4.93. The number of benzene rings is 1. The molecule has 0 saturated heterocycles. The predicted molar refractivity (Wildman–Crippen MR) is 78.0 cm³/mol. The lowest BCUT2D eigenvalue weighted by Gasteiger charge is -2.32. The number of aliphatic hydroxyl groups is 1. The molecule has 0 bridgehead atoms. The predicted octanol–water partition coefficient (Wildman–Crippen LogP) is 2.86. The molecule has 19 heavy (non-hydrogen) atoms. The fraction of sp³-hybridized carbons (Fsp3) is 0.312. The van der Waals surface area contributed by atoms with Crippen LogP contribution in [0.3, 0.4) is 0 Å². The van der Waals surface area contributed by atoms with Crippen LogP contribution in [0.25, 0.3) is 0 Å². The molecule has 0 amide bonds. The molecule has 2 aromatic rings. The summed E-state index contributed by atoms with van der Waals surface area (Å²) in [7, 11) is 0. The highest BCUT2D eigenvalue weighted by Crippen LogP contribution is 2.20. The van der Waals surface area contributed by atoms with Crippen LogP contribution >= 0.6 is 0 Å². The summed E-state index contributed by atoms with van der Waals surface area (Å²) < 4.78 is 0. The van der Waals surface area contributed by atoms with E-state index in [9.17, 15) is 5.11 Å². The third kappa shape index (κ3) is 3.55. The first kappa shape index (κ1) is 13.6. The molecule has 0 unspecified atom stereocenters. The summed E-state index contributed by atoms with van der Waals surface area (Å²) >= 11 is 0. The van der Waals surface area contributed by atoms with Crippen LogP contribution in [0.5, 0.6) is 0 Å². The smallest absolute Gasteiger partial charge is 0.0635 e. The molecule has 0 saturated carbocycles. The Hall–Kier alpha value is -1.87. The molecule has 0 fully saturated rings. The normalized spacial score (nSPS) is 12.1. The number of anilines is 1. The van der Waals surface area contributed by atoms with E-state index in [1.165, 1.54) is 0 Å². The third-order valence-electron chi connectivity index (χ3n) is 3.29. The van der Waals surface area contributed by atoms with Gasteiger partial charge in [-0.2, -0.15) is 0 Å². The molecule has 1 atom stereocenters. The van der Waals surface area contributed by atoms with Crippen molar-refractivity contribution in [3.63, 3.8) is 0 Å². The average molecular weight is 256 g/mol. The number of rotatable bonds is 6. The van der Waals surface area contributed by atoms with Crippen LogP contribution in [0.2, 0.25) is 0 Å². The first-order valence-electron chi connectivity index (χ1n) is 6.66. The van der Waals surface area contributed by atoms with Crippen LogP contribution in [0, 0.1) is 0 Å². The first-order chi connectivity index (χ1) is 9.35. The number of hydrogen-bond donors (Lipinski definition) is 1. The molecule has 0 radical (unpaired) electrons. The minimum Gasteiger partial charge on any atom is -0.394 e. The van der Waals surface area contributed by atoms with Gasteiger partial charge in [-0.05, 0) is 30.2 Å². The van der Waals surface area contributed by atoms with Crippen molar-refractivity contribution in [3.05, 3.63) is 60.4 Å². The van der Waals surface area contributed by atoms with Crippen LogP contribution in [-0.2, 0) is 6.54 Å². The van der Waals surface area contributed by atoms with Gasteiger partial charge in [0.05, 0.1) is 12.6 Å². The fourth-order valence-corrected chi connectivity index (χ4v) is 2.19. The SMILES string of the molecule is CC[C@H](CO)N(Cc1cccnc1)c1ccccc1. The van der Waals surface area contributed by atoms with E-state index in [2.05, 4.69) is 35.0 Å². The van der Waals surface area contributed by atoms with E-state index in [-0.39, 0.29) is 12.6 Å². The maximum Gasteiger partial charge on any atom is 0.0635 e. The van der Waals surface area contributed by atoms with E-state index >= 15 is 0 Å². The second-order valence-corrected chi connectivity index (χ2v) is 4.57. The number of aromatic nitrogens is 1. The zero-order valence-corrected chi connectivity index (χ0v) is 11.2. The molecule has 3 nitrogen and oxygen atoms in total. The minimum atomic E-state index is 0.127. The van der Waals surface area contributed by atoms with Gasteiger partial charge in [-0.3, -0.25) is 4.98 Å². The van der Waals surface area contributed by atoms with Gasteiger partial charge < -0.3 is 10.0 Å². The van der Waals surface area contributed by atoms with Crippen LogP contribution in [0.15, 0.2) is 54.9 Å². The number of aliphatic hydroxyl groups excluding tert-OH is 1. The lowest BCUT2D eigenvalue weighted by Crippen LogP contribution is -2.37. The molecule has 1 heterocycles. The number of pyridine rings is 1. The zero-order valence-electron chi connectivity index (χ0n) is 11.2. The molecule has 0 spiro atoms. The second kappa shape index (κ2) is 6.90. The van der Waals surface area contributed by atoms with Gasteiger partial charge in [-0.25, -0.2) is 0 Å². The van der Waals surface area contributed by atoms with E-state index < -0.39 is 0 Å². The Labute approximate surface area is 114 Å². The van der Waals surface area contributed by atoms with Gasteiger partial charge in [0.25, 0.3) is 0 Å². The van der Waals surface area contributed by atoms with Gasteiger partial charge in [0.2, 0.25) is 0 Å². The van der Waals surface area contributed by atoms with E-state index in [1.54, 1.807) is 6.20 Å². The van der Waals surface area contributed by atoms with Crippen molar-refractivity contribution in [2.75, 3.05) is 11.5 Å². The van der Waals surface area contributed by atoms with Crippen molar-refractivity contribution in [2.24, 2.45) is 0 Å². The molecule has 0 aliphatic carbocycles. The zero-order chi connectivity index (χ0) is 13.5. The molecular weight excluding hydrogens is 236 g/mol. The summed E-state index contributed by atoms with van der Waals surface area (Å²) in [5, 5.41) is 9.58. The Bertz CT molecular complexity index is 469. The highest BCUT2D eigenvalue weighted by Gasteiger charge is 2.16. The van der Waals surface area contributed by atoms with Crippen LogP contribution in [0.4, 0.5) is 5.69 Å². The number of para-hydroxylation sites is 1. The van der Waals surface area contributed by atoms with E-state index in [0.29, 0.717) is 0 Å². The summed E-state index contributed by atoms with van der Waals surface area (Å²) in [4.78, 5) is 6.39. The van der Waals surface area contributed by atoms with Crippen molar-refractivity contribution >= 4 is 5.69 Å². The van der Waals surface area contributed by atoms with Crippen molar-refractivity contribution in [3.8, 4) is 0 Å².